The molecule has 1 aliphatic rings. The van der Waals surface area contributed by atoms with E-state index in [0.29, 0.717) is 37.0 Å². The van der Waals surface area contributed by atoms with Crippen LogP contribution in [0.5, 0.6) is 0 Å². The van der Waals surface area contributed by atoms with Crippen molar-refractivity contribution in [1.82, 2.24) is 25.7 Å². The molecule has 0 amide bonds. The monoisotopic (exact) mass is 414 g/mol. The summed E-state index contributed by atoms with van der Waals surface area (Å²) in [5, 5.41) is 10.8. The summed E-state index contributed by atoms with van der Waals surface area (Å²) in [6.45, 7) is 9.26. The number of aromatic nitrogens is 2. The molecule has 0 radical (unpaired) electrons. The molecule has 0 aliphatic carbocycles. The number of piperidine rings is 1. The Morgan fingerprint density at radius 2 is 2.17 bits per heavy atom. The number of nitrogens with zero attached hydrogens (tertiary/aromatic N) is 4. The van der Waals surface area contributed by atoms with E-state index < -0.39 is 0 Å². The molecule has 2 aromatic rings. The number of hydrogen-bond acceptors (Lipinski definition) is 6. The van der Waals surface area contributed by atoms with Gasteiger partial charge in [0.1, 0.15) is 6.10 Å². The molecule has 2 N–H and O–H groups in total. The first-order chi connectivity index (χ1) is 14.6. The Bertz CT molecular complexity index is 794. The smallest absolute Gasteiger partial charge is 0.246 e. The van der Waals surface area contributed by atoms with Crippen LogP contribution in [0.25, 0.3) is 0 Å². The van der Waals surface area contributed by atoms with Crippen LogP contribution < -0.4 is 10.6 Å². The molecular weight excluding hydrogens is 380 g/mol. The summed E-state index contributed by atoms with van der Waals surface area (Å²) in [5.74, 6) is 1.84. The molecule has 1 saturated heterocycles. The highest BCUT2D eigenvalue weighted by Crippen LogP contribution is 2.20. The second-order valence-electron chi connectivity index (χ2n) is 7.74. The Morgan fingerprint density at radius 1 is 1.37 bits per heavy atom. The summed E-state index contributed by atoms with van der Waals surface area (Å²) in [5.41, 5.74) is 1.37. The molecule has 30 heavy (non-hydrogen) atoms. The van der Waals surface area contributed by atoms with Gasteiger partial charge in [0.05, 0.1) is 6.54 Å². The maximum absolute atomic E-state index is 5.50. The highest BCUT2D eigenvalue weighted by Gasteiger charge is 2.26. The SMILES string of the molecule is CCOC(C)c1noc(CNC(=NC)NC2CCN(Cc3ccccc3)C(C)C2)n1. The lowest BCUT2D eigenvalue weighted by atomic mass is 9.97. The summed E-state index contributed by atoms with van der Waals surface area (Å²) in [4.78, 5) is 11.3. The summed E-state index contributed by atoms with van der Waals surface area (Å²) < 4.78 is 10.8. The minimum absolute atomic E-state index is 0.174. The topological polar surface area (TPSA) is 87.8 Å². The first-order valence-corrected chi connectivity index (χ1v) is 10.8. The molecule has 8 heteroatoms. The Labute approximate surface area is 179 Å². The average Bonchev–Trinajstić information content (AvgIpc) is 3.23. The van der Waals surface area contributed by atoms with Gasteiger partial charge in [-0.2, -0.15) is 4.98 Å². The van der Waals surface area contributed by atoms with E-state index in [1.807, 2.05) is 13.8 Å². The van der Waals surface area contributed by atoms with Gasteiger partial charge < -0.3 is 19.9 Å². The molecule has 0 bridgehead atoms. The molecule has 2 heterocycles. The number of guanidine groups is 1. The Morgan fingerprint density at radius 3 is 2.87 bits per heavy atom. The summed E-state index contributed by atoms with van der Waals surface area (Å²) in [6.07, 6.45) is 1.98. The van der Waals surface area contributed by atoms with E-state index in [4.69, 9.17) is 9.26 Å². The Balaban J connectivity index is 1.45. The van der Waals surface area contributed by atoms with Gasteiger partial charge in [-0.3, -0.25) is 9.89 Å². The van der Waals surface area contributed by atoms with Crippen molar-refractivity contribution in [1.29, 1.82) is 0 Å². The molecule has 3 rings (SSSR count). The minimum Gasteiger partial charge on any atom is -0.371 e. The maximum atomic E-state index is 5.50. The second-order valence-corrected chi connectivity index (χ2v) is 7.74. The quantitative estimate of drug-likeness (QED) is 0.507. The summed E-state index contributed by atoms with van der Waals surface area (Å²) in [7, 11) is 1.78. The zero-order valence-electron chi connectivity index (χ0n) is 18.5. The van der Waals surface area contributed by atoms with E-state index in [2.05, 4.69) is 67.9 Å². The summed E-state index contributed by atoms with van der Waals surface area (Å²) >= 11 is 0. The fourth-order valence-corrected chi connectivity index (χ4v) is 3.78. The van der Waals surface area contributed by atoms with Gasteiger partial charge >= 0.3 is 0 Å². The van der Waals surface area contributed by atoms with E-state index in [0.717, 1.165) is 31.9 Å². The molecule has 3 unspecified atom stereocenters. The van der Waals surface area contributed by atoms with Crippen LogP contribution in [0.3, 0.4) is 0 Å². The molecule has 8 nitrogen and oxygen atoms in total. The van der Waals surface area contributed by atoms with Gasteiger partial charge in [-0.25, -0.2) is 0 Å². The first-order valence-electron chi connectivity index (χ1n) is 10.8. The Hall–Kier alpha value is -2.45. The first kappa shape index (κ1) is 22.2. The third kappa shape index (κ3) is 6.27. The zero-order chi connectivity index (χ0) is 21.3. The molecule has 0 spiro atoms. The average molecular weight is 415 g/mol. The molecule has 0 saturated carbocycles. The van der Waals surface area contributed by atoms with Crippen LogP contribution in [0.2, 0.25) is 0 Å². The van der Waals surface area contributed by atoms with Gasteiger partial charge in [-0.1, -0.05) is 35.5 Å². The van der Waals surface area contributed by atoms with E-state index >= 15 is 0 Å². The van der Waals surface area contributed by atoms with Gasteiger partial charge in [0, 0.05) is 38.8 Å². The van der Waals surface area contributed by atoms with Crippen LogP contribution in [-0.2, 0) is 17.8 Å². The number of likely N-dealkylation sites (tertiary alicyclic amines) is 1. The van der Waals surface area contributed by atoms with E-state index in [1.54, 1.807) is 7.05 Å². The van der Waals surface area contributed by atoms with Gasteiger partial charge in [0.25, 0.3) is 0 Å². The number of rotatable bonds is 8. The van der Waals surface area contributed by atoms with Crippen molar-refractivity contribution < 1.29 is 9.26 Å². The molecule has 1 aliphatic heterocycles. The number of ether oxygens (including phenoxy) is 1. The fourth-order valence-electron chi connectivity index (χ4n) is 3.78. The third-order valence-corrected chi connectivity index (χ3v) is 5.48. The van der Waals surface area contributed by atoms with Gasteiger partial charge in [-0.05, 0) is 39.2 Å². The summed E-state index contributed by atoms with van der Waals surface area (Å²) in [6, 6.07) is 11.6. The minimum atomic E-state index is -0.174. The van der Waals surface area contributed by atoms with Crippen LogP contribution in [0.4, 0.5) is 0 Å². The number of nitrogens with one attached hydrogen (secondary N) is 2. The molecular formula is C22H34N6O2. The van der Waals surface area contributed by atoms with Crippen molar-refractivity contribution in [2.75, 3.05) is 20.2 Å². The van der Waals surface area contributed by atoms with Crippen LogP contribution in [-0.4, -0.2) is 53.3 Å². The molecule has 1 aromatic heterocycles. The normalized spacial score (nSPS) is 21.4. The lowest BCUT2D eigenvalue weighted by Crippen LogP contribution is -2.51. The van der Waals surface area contributed by atoms with Crippen molar-refractivity contribution in [2.45, 2.75) is 64.9 Å². The third-order valence-electron chi connectivity index (χ3n) is 5.48. The lowest BCUT2D eigenvalue weighted by Gasteiger charge is -2.38. The predicted octanol–water partition coefficient (Wildman–Crippen LogP) is 2.89. The predicted molar refractivity (Wildman–Crippen MR) is 117 cm³/mol. The highest BCUT2D eigenvalue weighted by molar-refractivity contribution is 5.79. The van der Waals surface area contributed by atoms with Gasteiger partial charge in [0.15, 0.2) is 11.8 Å². The molecule has 1 aromatic carbocycles. The number of benzene rings is 1. The standard InChI is InChI=1S/C22H34N6O2/c1-5-29-17(3)21-26-20(30-27-21)14-24-22(23-4)25-19-11-12-28(16(2)13-19)15-18-9-7-6-8-10-18/h6-10,16-17,19H,5,11-15H2,1-4H3,(H2,23,24,25). The maximum Gasteiger partial charge on any atom is 0.246 e. The number of hydrogen-bond donors (Lipinski definition) is 2. The molecule has 164 valence electrons. The Kier molecular flexibility index (Phi) is 8.21. The zero-order valence-corrected chi connectivity index (χ0v) is 18.5. The van der Waals surface area contributed by atoms with Crippen molar-refractivity contribution in [2.24, 2.45) is 4.99 Å². The van der Waals surface area contributed by atoms with Gasteiger partial charge in [-0.15, -0.1) is 0 Å². The second kappa shape index (κ2) is 11.1. The van der Waals surface area contributed by atoms with Crippen LogP contribution in [0.1, 0.15) is 57.0 Å². The van der Waals surface area contributed by atoms with Crippen molar-refractivity contribution >= 4 is 5.96 Å². The molecule has 3 atom stereocenters. The van der Waals surface area contributed by atoms with Crippen molar-refractivity contribution in [3.05, 3.63) is 47.6 Å². The lowest BCUT2D eigenvalue weighted by molar-refractivity contribution is 0.0683. The van der Waals surface area contributed by atoms with Crippen molar-refractivity contribution in [3.63, 3.8) is 0 Å². The van der Waals surface area contributed by atoms with E-state index in [1.165, 1.54) is 5.56 Å². The van der Waals surface area contributed by atoms with Crippen LogP contribution >= 0.6 is 0 Å². The van der Waals surface area contributed by atoms with E-state index in [-0.39, 0.29) is 6.10 Å². The van der Waals surface area contributed by atoms with Gasteiger partial charge in [0.2, 0.25) is 5.89 Å². The van der Waals surface area contributed by atoms with Crippen molar-refractivity contribution in [3.8, 4) is 0 Å². The largest absolute Gasteiger partial charge is 0.371 e. The highest BCUT2D eigenvalue weighted by atomic mass is 16.5. The van der Waals surface area contributed by atoms with Crippen LogP contribution in [0.15, 0.2) is 39.8 Å². The van der Waals surface area contributed by atoms with E-state index in [9.17, 15) is 0 Å². The van der Waals surface area contributed by atoms with Crippen LogP contribution in [0, 0.1) is 0 Å². The fraction of sp³-hybridized carbons (Fsp3) is 0.591. The molecule has 1 fully saturated rings. The number of aliphatic imine (C=N–C) groups is 1.